The van der Waals surface area contributed by atoms with Crippen LogP contribution in [0.4, 0.5) is 5.82 Å². The second-order valence-corrected chi connectivity index (χ2v) is 3.72. The van der Waals surface area contributed by atoms with Gasteiger partial charge < -0.3 is 15.2 Å². The van der Waals surface area contributed by atoms with Crippen molar-refractivity contribution in [2.45, 2.75) is 6.42 Å². The van der Waals surface area contributed by atoms with E-state index in [1.807, 2.05) is 24.3 Å². The molecule has 2 aromatic rings. The zero-order valence-electron chi connectivity index (χ0n) is 9.81. The quantitative estimate of drug-likeness (QED) is 0.774. The van der Waals surface area contributed by atoms with E-state index < -0.39 is 0 Å². The van der Waals surface area contributed by atoms with Crippen LogP contribution >= 0.6 is 0 Å². The number of fused-ring (bicyclic) bond motifs is 1. The zero-order chi connectivity index (χ0) is 12.1. The maximum atomic E-state index is 8.77. The lowest BCUT2D eigenvalue weighted by Crippen LogP contribution is -2.05. The third kappa shape index (κ3) is 2.47. The summed E-state index contributed by atoms with van der Waals surface area (Å²) in [7, 11) is 1.65. The van der Waals surface area contributed by atoms with Gasteiger partial charge in [0.2, 0.25) is 0 Å². The average Bonchev–Trinajstić information content (AvgIpc) is 2.38. The Morgan fingerprint density at radius 1 is 1.35 bits per heavy atom. The van der Waals surface area contributed by atoms with Crippen molar-refractivity contribution >= 4 is 16.6 Å². The van der Waals surface area contributed by atoms with Gasteiger partial charge >= 0.3 is 0 Å². The molecule has 1 heterocycles. The van der Waals surface area contributed by atoms with Crippen LogP contribution in [0.1, 0.15) is 6.42 Å². The summed E-state index contributed by atoms with van der Waals surface area (Å²) in [6, 6.07) is 7.85. The summed E-state index contributed by atoms with van der Waals surface area (Å²) in [5, 5.41) is 14.1. The van der Waals surface area contributed by atoms with Crippen LogP contribution in [-0.4, -0.2) is 30.4 Å². The van der Waals surface area contributed by atoms with Crippen LogP contribution in [0.2, 0.25) is 0 Å². The van der Waals surface area contributed by atoms with Crippen LogP contribution in [0.15, 0.2) is 30.5 Å². The van der Waals surface area contributed by atoms with Gasteiger partial charge in [0, 0.05) is 19.3 Å². The van der Waals surface area contributed by atoms with Crippen molar-refractivity contribution in [1.82, 2.24) is 4.98 Å². The van der Waals surface area contributed by atoms with Crippen molar-refractivity contribution in [1.29, 1.82) is 0 Å². The molecule has 0 spiro atoms. The lowest BCUT2D eigenvalue weighted by Gasteiger charge is -2.11. The molecule has 0 atom stereocenters. The third-order valence-electron chi connectivity index (χ3n) is 2.60. The number of benzene rings is 1. The molecule has 0 aliphatic carbocycles. The number of methoxy groups -OCH3 is 1. The summed E-state index contributed by atoms with van der Waals surface area (Å²) in [6.45, 7) is 0.871. The number of aliphatic hydroxyl groups excluding tert-OH is 1. The second-order valence-electron chi connectivity index (χ2n) is 3.72. The fraction of sp³-hybridized carbons (Fsp3) is 0.308. The minimum Gasteiger partial charge on any atom is -0.496 e. The topological polar surface area (TPSA) is 54.4 Å². The molecular weight excluding hydrogens is 216 g/mol. The molecule has 90 valence electrons. The fourth-order valence-electron chi connectivity index (χ4n) is 1.79. The Labute approximate surface area is 100 Å². The van der Waals surface area contributed by atoms with Gasteiger partial charge in [-0.15, -0.1) is 0 Å². The second kappa shape index (κ2) is 5.50. The molecule has 0 radical (unpaired) electrons. The SMILES string of the molecule is COc1cccc2ccnc(NCCCO)c12. The van der Waals surface area contributed by atoms with E-state index in [2.05, 4.69) is 10.3 Å². The predicted octanol–water partition coefficient (Wildman–Crippen LogP) is 2.04. The van der Waals surface area contributed by atoms with E-state index in [4.69, 9.17) is 9.84 Å². The summed E-state index contributed by atoms with van der Waals surface area (Å²) in [5.41, 5.74) is 0. The van der Waals surface area contributed by atoms with E-state index in [-0.39, 0.29) is 6.61 Å². The van der Waals surface area contributed by atoms with Gasteiger partial charge in [-0.1, -0.05) is 12.1 Å². The first-order valence-corrected chi connectivity index (χ1v) is 5.63. The molecule has 17 heavy (non-hydrogen) atoms. The molecule has 1 aromatic heterocycles. The highest BCUT2D eigenvalue weighted by Crippen LogP contribution is 2.30. The van der Waals surface area contributed by atoms with Crippen LogP contribution in [0.3, 0.4) is 0 Å². The Bertz CT molecular complexity index is 494. The molecule has 0 fully saturated rings. The Kier molecular flexibility index (Phi) is 3.77. The summed E-state index contributed by atoms with van der Waals surface area (Å²) in [4.78, 5) is 4.31. The fourth-order valence-corrected chi connectivity index (χ4v) is 1.79. The summed E-state index contributed by atoms with van der Waals surface area (Å²) >= 11 is 0. The van der Waals surface area contributed by atoms with E-state index >= 15 is 0 Å². The molecule has 0 bridgehead atoms. The van der Waals surface area contributed by atoms with Gasteiger partial charge in [-0.25, -0.2) is 4.98 Å². The van der Waals surface area contributed by atoms with Crippen molar-refractivity contribution < 1.29 is 9.84 Å². The van der Waals surface area contributed by atoms with Crippen molar-refractivity contribution in [3.05, 3.63) is 30.5 Å². The van der Waals surface area contributed by atoms with Crippen molar-refractivity contribution in [2.75, 3.05) is 25.6 Å². The minimum atomic E-state index is 0.175. The molecule has 0 saturated carbocycles. The van der Waals surface area contributed by atoms with E-state index in [9.17, 15) is 0 Å². The first-order chi connectivity index (χ1) is 8.36. The zero-order valence-corrected chi connectivity index (χ0v) is 9.81. The molecule has 0 aliphatic heterocycles. The smallest absolute Gasteiger partial charge is 0.137 e. The van der Waals surface area contributed by atoms with Crippen molar-refractivity contribution in [3.8, 4) is 5.75 Å². The number of anilines is 1. The normalized spacial score (nSPS) is 10.5. The molecule has 4 nitrogen and oxygen atoms in total. The van der Waals surface area contributed by atoms with Crippen LogP contribution in [0.5, 0.6) is 5.75 Å². The van der Waals surface area contributed by atoms with E-state index in [1.165, 1.54) is 0 Å². The van der Waals surface area contributed by atoms with Gasteiger partial charge in [-0.05, 0) is 23.9 Å². The molecular formula is C13H16N2O2. The van der Waals surface area contributed by atoms with Gasteiger partial charge in [-0.3, -0.25) is 0 Å². The average molecular weight is 232 g/mol. The molecule has 0 aliphatic rings. The highest BCUT2D eigenvalue weighted by Gasteiger charge is 2.07. The van der Waals surface area contributed by atoms with Crippen molar-refractivity contribution in [3.63, 3.8) is 0 Å². The molecule has 0 saturated heterocycles. The van der Waals surface area contributed by atoms with Crippen LogP contribution < -0.4 is 10.1 Å². The van der Waals surface area contributed by atoms with Crippen molar-refractivity contribution in [2.24, 2.45) is 0 Å². The number of hydrogen-bond acceptors (Lipinski definition) is 4. The summed E-state index contributed by atoms with van der Waals surface area (Å²) < 4.78 is 5.35. The first-order valence-electron chi connectivity index (χ1n) is 5.63. The lowest BCUT2D eigenvalue weighted by atomic mass is 10.1. The number of nitrogens with one attached hydrogen (secondary N) is 1. The number of ether oxygens (including phenoxy) is 1. The number of hydrogen-bond donors (Lipinski definition) is 2. The molecule has 0 amide bonds. The highest BCUT2D eigenvalue weighted by atomic mass is 16.5. The van der Waals surface area contributed by atoms with Crippen LogP contribution in [-0.2, 0) is 0 Å². The van der Waals surface area contributed by atoms with Gasteiger partial charge in [0.15, 0.2) is 0 Å². The highest BCUT2D eigenvalue weighted by molar-refractivity contribution is 5.96. The Morgan fingerprint density at radius 3 is 3.00 bits per heavy atom. The third-order valence-corrected chi connectivity index (χ3v) is 2.60. The van der Waals surface area contributed by atoms with E-state index in [0.717, 1.165) is 22.3 Å². The number of aromatic nitrogens is 1. The largest absolute Gasteiger partial charge is 0.496 e. The Balaban J connectivity index is 2.40. The number of pyridine rings is 1. The Hall–Kier alpha value is -1.81. The maximum absolute atomic E-state index is 8.77. The number of rotatable bonds is 5. The van der Waals surface area contributed by atoms with Gasteiger partial charge in [0.05, 0.1) is 12.5 Å². The molecule has 4 heteroatoms. The monoisotopic (exact) mass is 232 g/mol. The summed E-state index contributed by atoms with van der Waals surface area (Å²) in [6.07, 6.45) is 2.47. The maximum Gasteiger partial charge on any atom is 0.137 e. The molecule has 2 rings (SSSR count). The van der Waals surface area contributed by atoms with Gasteiger partial charge in [-0.2, -0.15) is 0 Å². The van der Waals surface area contributed by atoms with E-state index in [1.54, 1.807) is 13.3 Å². The lowest BCUT2D eigenvalue weighted by molar-refractivity contribution is 0.292. The van der Waals surface area contributed by atoms with Crippen LogP contribution in [0, 0.1) is 0 Å². The molecule has 0 unspecified atom stereocenters. The summed E-state index contributed by atoms with van der Waals surface area (Å²) in [5.74, 6) is 1.61. The first kappa shape index (κ1) is 11.7. The van der Waals surface area contributed by atoms with Crippen LogP contribution in [0.25, 0.3) is 10.8 Å². The van der Waals surface area contributed by atoms with Gasteiger partial charge in [0.1, 0.15) is 11.6 Å². The van der Waals surface area contributed by atoms with E-state index in [0.29, 0.717) is 13.0 Å². The standard InChI is InChI=1S/C13H16N2O2/c1-17-11-5-2-4-10-6-8-15-13(12(10)11)14-7-3-9-16/h2,4-6,8,16H,3,7,9H2,1H3,(H,14,15). The minimum absolute atomic E-state index is 0.175. The number of nitrogens with zero attached hydrogens (tertiary/aromatic N) is 1. The molecule has 2 N–H and O–H groups in total. The Morgan fingerprint density at radius 2 is 2.24 bits per heavy atom. The number of aliphatic hydroxyl groups is 1. The molecule has 1 aromatic carbocycles. The predicted molar refractivity (Wildman–Crippen MR) is 68.5 cm³/mol. The van der Waals surface area contributed by atoms with Gasteiger partial charge in [0.25, 0.3) is 0 Å².